The Morgan fingerprint density at radius 2 is 2.00 bits per heavy atom. The third kappa shape index (κ3) is 1.76. The summed E-state index contributed by atoms with van der Waals surface area (Å²) in [5, 5.41) is 10.5. The number of nitrogens with one attached hydrogen (secondary N) is 1. The number of imidazole rings is 1. The summed E-state index contributed by atoms with van der Waals surface area (Å²) in [4.78, 5) is 4.02. The highest BCUT2D eigenvalue weighted by Crippen LogP contribution is 2.27. The standard InChI is InChI=1S/C11H7ClFN5/c12-11-10(9-5-15-17-16-9)18(6-14-11)8-3-1-7(13)2-4-8/h1-6H,(H,15,16,17). The van der Waals surface area contributed by atoms with E-state index >= 15 is 0 Å². The molecule has 0 saturated heterocycles. The van der Waals surface area contributed by atoms with Crippen molar-refractivity contribution in [1.29, 1.82) is 0 Å². The van der Waals surface area contributed by atoms with E-state index in [1.54, 1.807) is 29.2 Å². The second-order valence-corrected chi connectivity index (χ2v) is 3.94. The molecule has 18 heavy (non-hydrogen) atoms. The van der Waals surface area contributed by atoms with Crippen LogP contribution in [0.15, 0.2) is 36.8 Å². The summed E-state index contributed by atoms with van der Waals surface area (Å²) in [6, 6.07) is 6.01. The molecule has 0 aliphatic heterocycles. The van der Waals surface area contributed by atoms with Gasteiger partial charge in [0, 0.05) is 5.69 Å². The van der Waals surface area contributed by atoms with Crippen LogP contribution >= 0.6 is 11.6 Å². The van der Waals surface area contributed by atoms with E-state index in [9.17, 15) is 4.39 Å². The lowest BCUT2D eigenvalue weighted by Gasteiger charge is -2.05. The fraction of sp³-hybridized carbons (Fsp3) is 0. The number of benzene rings is 1. The molecule has 2 aromatic heterocycles. The number of rotatable bonds is 2. The first-order chi connectivity index (χ1) is 8.75. The summed E-state index contributed by atoms with van der Waals surface area (Å²) in [6.45, 7) is 0. The molecule has 0 aliphatic carbocycles. The number of halogens is 2. The number of hydrogen-bond donors (Lipinski definition) is 1. The molecule has 2 heterocycles. The van der Waals surface area contributed by atoms with Crippen molar-refractivity contribution in [3.8, 4) is 17.1 Å². The molecule has 0 unspecified atom stereocenters. The average Bonchev–Trinajstić information content (AvgIpc) is 2.99. The van der Waals surface area contributed by atoms with Gasteiger partial charge in [0.25, 0.3) is 0 Å². The molecular formula is C11H7ClFN5. The minimum Gasteiger partial charge on any atom is -0.296 e. The van der Waals surface area contributed by atoms with Crippen molar-refractivity contribution in [2.45, 2.75) is 0 Å². The van der Waals surface area contributed by atoms with Gasteiger partial charge in [-0.1, -0.05) is 11.6 Å². The summed E-state index contributed by atoms with van der Waals surface area (Å²) >= 11 is 6.03. The molecule has 3 rings (SSSR count). The highest BCUT2D eigenvalue weighted by atomic mass is 35.5. The third-order valence-corrected chi connectivity index (χ3v) is 2.76. The zero-order valence-electron chi connectivity index (χ0n) is 9.01. The quantitative estimate of drug-likeness (QED) is 0.773. The molecule has 0 bridgehead atoms. The lowest BCUT2D eigenvalue weighted by molar-refractivity contribution is 0.627. The molecule has 0 aliphatic rings. The second kappa shape index (κ2) is 4.23. The molecule has 5 nitrogen and oxygen atoms in total. The van der Waals surface area contributed by atoms with E-state index in [0.717, 1.165) is 5.69 Å². The Labute approximate surface area is 106 Å². The van der Waals surface area contributed by atoms with Crippen molar-refractivity contribution in [1.82, 2.24) is 25.0 Å². The number of H-pyrrole nitrogens is 1. The lowest BCUT2D eigenvalue weighted by Crippen LogP contribution is -1.95. The van der Waals surface area contributed by atoms with Gasteiger partial charge in [-0.2, -0.15) is 15.4 Å². The van der Waals surface area contributed by atoms with Gasteiger partial charge in [-0.05, 0) is 24.3 Å². The highest BCUT2D eigenvalue weighted by Gasteiger charge is 2.15. The molecule has 0 spiro atoms. The molecule has 0 atom stereocenters. The first-order valence-corrected chi connectivity index (χ1v) is 5.48. The van der Waals surface area contributed by atoms with Crippen LogP contribution in [0, 0.1) is 5.82 Å². The van der Waals surface area contributed by atoms with Gasteiger partial charge in [0.15, 0.2) is 5.15 Å². The molecular weight excluding hydrogens is 257 g/mol. The van der Waals surface area contributed by atoms with E-state index < -0.39 is 0 Å². The van der Waals surface area contributed by atoms with Gasteiger partial charge < -0.3 is 0 Å². The van der Waals surface area contributed by atoms with Crippen LogP contribution in [-0.2, 0) is 0 Å². The molecule has 1 N–H and O–H groups in total. The van der Waals surface area contributed by atoms with Crippen molar-refractivity contribution >= 4 is 11.6 Å². The Balaban J connectivity index is 2.16. The summed E-state index contributed by atoms with van der Waals surface area (Å²) in [6.07, 6.45) is 3.10. The van der Waals surface area contributed by atoms with Gasteiger partial charge in [-0.3, -0.25) is 4.57 Å². The van der Waals surface area contributed by atoms with Crippen LogP contribution in [0.3, 0.4) is 0 Å². The number of aromatic nitrogens is 5. The maximum absolute atomic E-state index is 12.9. The number of nitrogens with zero attached hydrogens (tertiary/aromatic N) is 4. The van der Waals surface area contributed by atoms with Gasteiger partial charge in [-0.25, -0.2) is 9.37 Å². The van der Waals surface area contributed by atoms with E-state index in [2.05, 4.69) is 20.4 Å². The third-order valence-electron chi connectivity index (χ3n) is 2.49. The van der Waals surface area contributed by atoms with Crippen molar-refractivity contribution in [3.63, 3.8) is 0 Å². The van der Waals surface area contributed by atoms with Crippen LogP contribution in [0.2, 0.25) is 5.15 Å². The van der Waals surface area contributed by atoms with Gasteiger partial charge in [-0.15, -0.1) is 0 Å². The first kappa shape index (κ1) is 10.9. The predicted molar refractivity (Wildman–Crippen MR) is 63.9 cm³/mol. The fourth-order valence-electron chi connectivity index (χ4n) is 1.67. The molecule has 3 aromatic rings. The second-order valence-electron chi connectivity index (χ2n) is 3.59. The Bertz CT molecular complexity index is 659. The van der Waals surface area contributed by atoms with E-state index in [0.29, 0.717) is 16.5 Å². The van der Waals surface area contributed by atoms with Crippen LogP contribution in [0.25, 0.3) is 17.1 Å². The minimum atomic E-state index is -0.298. The van der Waals surface area contributed by atoms with E-state index in [4.69, 9.17) is 11.6 Å². The smallest absolute Gasteiger partial charge is 0.157 e. The number of hydrogen-bond acceptors (Lipinski definition) is 3. The largest absolute Gasteiger partial charge is 0.296 e. The molecule has 1 aromatic carbocycles. The van der Waals surface area contributed by atoms with Gasteiger partial charge in [0.05, 0.1) is 6.20 Å². The van der Waals surface area contributed by atoms with Gasteiger partial charge >= 0.3 is 0 Å². The molecule has 0 amide bonds. The molecule has 0 radical (unpaired) electrons. The maximum Gasteiger partial charge on any atom is 0.157 e. The summed E-state index contributed by atoms with van der Waals surface area (Å²) < 4.78 is 14.6. The average molecular weight is 264 g/mol. The minimum absolute atomic E-state index is 0.298. The fourth-order valence-corrected chi connectivity index (χ4v) is 1.90. The maximum atomic E-state index is 12.9. The first-order valence-electron chi connectivity index (χ1n) is 5.10. The van der Waals surface area contributed by atoms with Crippen LogP contribution < -0.4 is 0 Å². The van der Waals surface area contributed by atoms with E-state index in [1.807, 2.05) is 0 Å². The molecule has 90 valence electrons. The Kier molecular flexibility index (Phi) is 2.56. The Hall–Kier alpha value is -2.21. The summed E-state index contributed by atoms with van der Waals surface area (Å²) in [5.74, 6) is -0.298. The van der Waals surface area contributed by atoms with E-state index in [1.165, 1.54) is 12.1 Å². The molecule has 0 saturated carbocycles. The van der Waals surface area contributed by atoms with Crippen LogP contribution in [0.5, 0.6) is 0 Å². The Morgan fingerprint density at radius 3 is 2.67 bits per heavy atom. The van der Waals surface area contributed by atoms with Crippen molar-refractivity contribution in [2.75, 3.05) is 0 Å². The van der Waals surface area contributed by atoms with Crippen LogP contribution in [0.1, 0.15) is 0 Å². The highest BCUT2D eigenvalue weighted by molar-refractivity contribution is 6.31. The van der Waals surface area contributed by atoms with E-state index in [-0.39, 0.29) is 5.82 Å². The molecule has 0 fully saturated rings. The monoisotopic (exact) mass is 263 g/mol. The van der Waals surface area contributed by atoms with Gasteiger partial charge in [0.1, 0.15) is 23.5 Å². The topological polar surface area (TPSA) is 59.4 Å². The summed E-state index contributed by atoms with van der Waals surface area (Å²) in [7, 11) is 0. The molecule has 7 heteroatoms. The normalized spacial score (nSPS) is 10.8. The summed E-state index contributed by atoms with van der Waals surface area (Å²) in [5.41, 5.74) is 1.92. The van der Waals surface area contributed by atoms with Crippen molar-refractivity contribution in [3.05, 3.63) is 47.8 Å². The zero-order valence-corrected chi connectivity index (χ0v) is 9.76. The predicted octanol–water partition coefficient (Wildman–Crippen LogP) is 2.45. The Morgan fingerprint density at radius 1 is 1.22 bits per heavy atom. The van der Waals surface area contributed by atoms with Crippen LogP contribution in [-0.4, -0.2) is 25.0 Å². The van der Waals surface area contributed by atoms with Gasteiger partial charge in [0.2, 0.25) is 0 Å². The zero-order chi connectivity index (χ0) is 12.5. The SMILES string of the molecule is Fc1ccc(-n2cnc(Cl)c2-c2cn[nH]n2)cc1. The lowest BCUT2D eigenvalue weighted by atomic mass is 10.3. The van der Waals surface area contributed by atoms with Crippen molar-refractivity contribution in [2.24, 2.45) is 0 Å². The van der Waals surface area contributed by atoms with Crippen LogP contribution in [0.4, 0.5) is 4.39 Å². The number of aromatic amines is 1. The van der Waals surface area contributed by atoms with Crippen molar-refractivity contribution < 1.29 is 4.39 Å².